The number of rotatable bonds is 4. The molecule has 1 aromatic rings. The molecule has 0 atom stereocenters. The third kappa shape index (κ3) is 3.59. The van der Waals surface area contributed by atoms with Gasteiger partial charge in [0.25, 0.3) is 5.91 Å². The van der Waals surface area contributed by atoms with Crippen LogP contribution in [-0.4, -0.2) is 23.0 Å². The van der Waals surface area contributed by atoms with E-state index in [1.165, 1.54) is 12.8 Å². The highest BCUT2D eigenvalue weighted by Crippen LogP contribution is 2.33. The predicted octanol–water partition coefficient (Wildman–Crippen LogP) is 4.48. The van der Waals surface area contributed by atoms with Crippen LogP contribution < -0.4 is 5.32 Å². The van der Waals surface area contributed by atoms with E-state index < -0.39 is 0 Å². The second kappa shape index (κ2) is 6.99. The van der Waals surface area contributed by atoms with Crippen LogP contribution in [0.5, 0.6) is 0 Å². The van der Waals surface area contributed by atoms with Gasteiger partial charge in [0.05, 0.1) is 11.1 Å². The summed E-state index contributed by atoms with van der Waals surface area (Å²) in [6.07, 6.45) is 6.51. The number of hydrogen-bond acceptors (Lipinski definition) is 2. The fourth-order valence-electron chi connectivity index (χ4n) is 2.75. The van der Waals surface area contributed by atoms with Crippen molar-refractivity contribution in [2.75, 3.05) is 11.6 Å². The molecule has 0 spiro atoms. The molecule has 2 rings (SSSR count). The van der Waals surface area contributed by atoms with Gasteiger partial charge in [-0.1, -0.05) is 35.0 Å². The minimum Gasteiger partial charge on any atom is -0.346 e. The summed E-state index contributed by atoms with van der Waals surface area (Å²) in [5.74, 6) is 0.835. The lowest BCUT2D eigenvalue weighted by atomic mass is 9.78. The third-order valence-corrected chi connectivity index (χ3v) is 6.09. The molecular formula is C16H22BrNOS. The normalized spacial score (nSPS) is 26.2. The van der Waals surface area contributed by atoms with Gasteiger partial charge >= 0.3 is 0 Å². The molecule has 1 fully saturated rings. The van der Waals surface area contributed by atoms with Gasteiger partial charge in [-0.25, -0.2) is 0 Å². The van der Waals surface area contributed by atoms with Crippen molar-refractivity contribution in [1.82, 2.24) is 5.32 Å². The first kappa shape index (κ1) is 15.9. The fraction of sp³-hybridized carbons (Fsp3) is 0.562. The average molecular weight is 356 g/mol. The lowest BCUT2D eigenvalue weighted by molar-refractivity contribution is 0.0871. The van der Waals surface area contributed by atoms with Gasteiger partial charge in [-0.15, -0.1) is 11.8 Å². The van der Waals surface area contributed by atoms with Crippen molar-refractivity contribution in [2.24, 2.45) is 5.92 Å². The Bertz CT molecular complexity index is 469. The summed E-state index contributed by atoms with van der Waals surface area (Å²) >= 11 is 5.22. The zero-order chi connectivity index (χ0) is 14.6. The molecule has 2 nitrogen and oxygen atoms in total. The van der Waals surface area contributed by atoms with Crippen LogP contribution in [0.25, 0.3) is 0 Å². The molecule has 0 aliphatic heterocycles. The Labute approximate surface area is 134 Å². The van der Waals surface area contributed by atoms with Gasteiger partial charge in [0.15, 0.2) is 0 Å². The van der Waals surface area contributed by atoms with Crippen LogP contribution in [0, 0.1) is 5.92 Å². The fourth-order valence-corrected chi connectivity index (χ4v) is 4.04. The Kier molecular flexibility index (Phi) is 5.56. The van der Waals surface area contributed by atoms with Gasteiger partial charge in [-0.2, -0.15) is 0 Å². The van der Waals surface area contributed by atoms with E-state index in [1.807, 2.05) is 30.5 Å². The molecule has 0 saturated heterocycles. The number of alkyl halides is 1. The molecule has 0 bridgehead atoms. The molecule has 110 valence electrons. The van der Waals surface area contributed by atoms with Crippen molar-refractivity contribution in [1.29, 1.82) is 0 Å². The van der Waals surface area contributed by atoms with Crippen LogP contribution in [0.15, 0.2) is 29.2 Å². The van der Waals surface area contributed by atoms with Gasteiger partial charge in [0.1, 0.15) is 0 Å². The predicted molar refractivity (Wildman–Crippen MR) is 89.8 cm³/mol. The van der Waals surface area contributed by atoms with E-state index >= 15 is 0 Å². The quantitative estimate of drug-likeness (QED) is 0.637. The molecule has 1 aliphatic rings. The van der Waals surface area contributed by atoms with E-state index in [1.54, 1.807) is 11.8 Å². The highest BCUT2D eigenvalue weighted by Gasteiger charge is 2.35. The van der Waals surface area contributed by atoms with Gasteiger partial charge in [-0.05, 0) is 50.0 Å². The zero-order valence-electron chi connectivity index (χ0n) is 12.1. The average Bonchev–Trinajstić information content (AvgIpc) is 2.49. The first-order valence-corrected chi connectivity index (χ1v) is 9.46. The maximum Gasteiger partial charge on any atom is 0.252 e. The number of halogens is 1. The molecule has 1 aromatic carbocycles. The Morgan fingerprint density at radius 2 is 2.05 bits per heavy atom. The maximum absolute atomic E-state index is 12.6. The molecule has 4 heteroatoms. The van der Waals surface area contributed by atoms with Gasteiger partial charge in [0.2, 0.25) is 0 Å². The van der Waals surface area contributed by atoms with E-state index in [2.05, 4.69) is 28.2 Å². The smallest absolute Gasteiger partial charge is 0.252 e. The molecule has 0 heterocycles. The molecule has 0 radical (unpaired) electrons. The lowest BCUT2D eigenvalue weighted by Gasteiger charge is -2.39. The molecule has 1 amide bonds. The molecule has 1 N–H and O–H groups in total. The Balaban J connectivity index is 2.13. The van der Waals surface area contributed by atoms with Crippen LogP contribution in [0.4, 0.5) is 0 Å². The molecule has 0 aromatic heterocycles. The monoisotopic (exact) mass is 355 g/mol. The van der Waals surface area contributed by atoms with Crippen LogP contribution in [0.2, 0.25) is 0 Å². The maximum atomic E-state index is 12.6. The van der Waals surface area contributed by atoms with Crippen LogP contribution >= 0.6 is 27.7 Å². The van der Waals surface area contributed by atoms with Crippen molar-refractivity contribution in [3.05, 3.63) is 29.8 Å². The lowest BCUT2D eigenvalue weighted by Crippen LogP contribution is -2.52. The van der Waals surface area contributed by atoms with Gasteiger partial charge in [0, 0.05) is 10.2 Å². The Morgan fingerprint density at radius 3 is 2.65 bits per heavy atom. The number of thioether (sulfide) groups is 1. The molecule has 0 unspecified atom stereocenters. The highest BCUT2D eigenvalue weighted by molar-refractivity contribution is 9.09. The number of benzene rings is 1. The van der Waals surface area contributed by atoms with Crippen LogP contribution in [0.3, 0.4) is 0 Å². The van der Waals surface area contributed by atoms with Crippen LogP contribution in [0.1, 0.15) is 43.0 Å². The molecular weight excluding hydrogens is 334 g/mol. The minimum atomic E-state index is -0.0743. The first-order chi connectivity index (χ1) is 9.60. The summed E-state index contributed by atoms with van der Waals surface area (Å²) in [6, 6.07) is 7.82. The summed E-state index contributed by atoms with van der Waals surface area (Å²) in [4.78, 5) is 13.6. The van der Waals surface area contributed by atoms with Gasteiger partial charge < -0.3 is 5.32 Å². The number of carbonyl (C=O) groups excluding carboxylic acids is 1. The first-order valence-electron chi connectivity index (χ1n) is 7.12. The number of amides is 1. The van der Waals surface area contributed by atoms with E-state index in [-0.39, 0.29) is 11.4 Å². The number of hydrogen-bond donors (Lipinski definition) is 1. The van der Waals surface area contributed by atoms with Crippen molar-refractivity contribution in [2.45, 2.75) is 43.0 Å². The summed E-state index contributed by atoms with van der Waals surface area (Å²) in [6.45, 7) is 2.29. The second-order valence-electron chi connectivity index (χ2n) is 5.75. The summed E-state index contributed by atoms with van der Waals surface area (Å²) < 4.78 is 0. The summed E-state index contributed by atoms with van der Waals surface area (Å²) in [5, 5.41) is 4.13. The van der Waals surface area contributed by atoms with E-state index in [0.717, 1.165) is 34.5 Å². The van der Waals surface area contributed by atoms with Gasteiger partial charge in [-0.3, -0.25) is 4.79 Å². The minimum absolute atomic E-state index is 0.0592. The molecule has 1 aliphatic carbocycles. The van der Waals surface area contributed by atoms with E-state index in [4.69, 9.17) is 0 Å². The van der Waals surface area contributed by atoms with E-state index in [9.17, 15) is 4.79 Å². The number of carbonyl (C=O) groups is 1. The Hall–Kier alpha value is -0.480. The zero-order valence-corrected chi connectivity index (χ0v) is 14.5. The highest BCUT2D eigenvalue weighted by atomic mass is 79.9. The largest absolute Gasteiger partial charge is 0.346 e. The van der Waals surface area contributed by atoms with Crippen molar-refractivity contribution < 1.29 is 4.79 Å². The van der Waals surface area contributed by atoms with Crippen molar-refractivity contribution >= 4 is 33.6 Å². The standard InChI is InChI=1S/C16H22BrNOS/c1-12-7-9-16(11-17,10-8-12)18-15(19)13-5-3-4-6-14(13)20-2/h3-6,12H,7-11H2,1-2H3,(H,18,19). The number of nitrogens with one attached hydrogen (secondary N) is 1. The summed E-state index contributed by atoms with van der Waals surface area (Å²) in [7, 11) is 0. The summed E-state index contributed by atoms with van der Waals surface area (Å²) in [5.41, 5.74) is 0.716. The third-order valence-electron chi connectivity index (χ3n) is 4.22. The molecule has 20 heavy (non-hydrogen) atoms. The van der Waals surface area contributed by atoms with Crippen molar-refractivity contribution in [3.8, 4) is 0 Å². The van der Waals surface area contributed by atoms with E-state index in [0.29, 0.717) is 0 Å². The Morgan fingerprint density at radius 1 is 1.40 bits per heavy atom. The molecule has 1 saturated carbocycles. The SMILES string of the molecule is CSc1ccccc1C(=O)NC1(CBr)CCC(C)CC1. The van der Waals surface area contributed by atoms with Crippen molar-refractivity contribution in [3.63, 3.8) is 0 Å². The second-order valence-corrected chi connectivity index (χ2v) is 7.16. The topological polar surface area (TPSA) is 29.1 Å². The van der Waals surface area contributed by atoms with Crippen LogP contribution in [-0.2, 0) is 0 Å².